The summed E-state index contributed by atoms with van der Waals surface area (Å²) in [4.78, 5) is 3.85. The summed E-state index contributed by atoms with van der Waals surface area (Å²) in [5.74, 6) is -1.59. The van der Waals surface area contributed by atoms with Gasteiger partial charge < -0.3 is 0 Å². The molecule has 3 aromatic carbocycles. The molecule has 1 unspecified atom stereocenters. The van der Waals surface area contributed by atoms with Crippen molar-refractivity contribution in [2.45, 2.75) is 37.2 Å². The Hall–Kier alpha value is -3.30. The lowest BCUT2D eigenvalue weighted by Gasteiger charge is -2.32. The van der Waals surface area contributed by atoms with Crippen molar-refractivity contribution in [3.05, 3.63) is 107 Å². The first-order valence-corrected chi connectivity index (χ1v) is 12.7. The minimum absolute atomic E-state index is 0.0823. The molecule has 0 N–H and O–H groups in total. The van der Waals surface area contributed by atoms with Gasteiger partial charge in [0.25, 0.3) is 10.0 Å². The van der Waals surface area contributed by atoms with Gasteiger partial charge >= 0.3 is 0 Å². The van der Waals surface area contributed by atoms with Crippen molar-refractivity contribution in [2.75, 3.05) is 4.31 Å². The number of hydrogen-bond acceptors (Lipinski definition) is 4. The molecule has 1 aromatic heterocycles. The number of aromatic nitrogens is 3. The maximum atomic E-state index is 15.0. The number of hydrogen-bond donors (Lipinski definition) is 0. The Morgan fingerprint density at radius 1 is 1.06 bits per heavy atom. The van der Waals surface area contributed by atoms with Crippen molar-refractivity contribution in [3.63, 3.8) is 0 Å². The highest BCUT2D eigenvalue weighted by atomic mass is 35.5. The van der Waals surface area contributed by atoms with Gasteiger partial charge in [0.05, 0.1) is 16.6 Å². The third-order valence-corrected chi connectivity index (χ3v) is 7.82. The van der Waals surface area contributed by atoms with Crippen molar-refractivity contribution < 1.29 is 17.2 Å². The molecule has 0 spiro atoms. The van der Waals surface area contributed by atoms with E-state index in [1.807, 2.05) is 12.1 Å². The smallest absolute Gasteiger partial charge is 0.256 e. The van der Waals surface area contributed by atoms with Gasteiger partial charge in [-0.05, 0) is 67.3 Å². The predicted octanol–water partition coefficient (Wildman–Crippen LogP) is 5.80. The normalized spacial score (nSPS) is 12.5. The van der Waals surface area contributed by atoms with Gasteiger partial charge in [0.1, 0.15) is 24.3 Å². The second-order valence-corrected chi connectivity index (χ2v) is 10.2. The zero-order chi connectivity index (χ0) is 25.0. The first kappa shape index (κ1) is 24.8. The zero-order valence-corrected chi connectivity index (χ0v) is 20.4. The molecule has 0 aliphatic carbocycles. The quantitative estimate of drug-likeness (QED) is 0.282. The van der Waals surface area contributed by atoms with E-state index in [0.29, 0.717) is 23.6 Å². The molecule has 0 aliphatic rings. The summed E-state index contributed by atoms with van der Waals surface area (Å²) >= 11 is 5.94. The molecule has 35 heavy (non-hydrogen) atoms. The molecule has 0 saturated carbocycles. The van der Waals surface area contributed by atoms with Crippen LogP contribution in [-0.2, 0) is 23.0 Å². The topological polar surface area (TPSA) is 68.1 Å². The maximum Gasteiger partial charge on any atom is 0.264 e. The monoisotopic (exact) mass is 516 g/mol. The van der Waals surface area contributed by atoms with Gasteiger partial charge in [-0.2, -0.15) is 5.10 Å². The zero-order valence-electron chi connectivity index (χ0n) is 18.9. The van der Waals surface area contributed by atoms with Crippen LogP contribution in [-0.4, -0.2) is 23.2 Å². The molecule has 0 fully saturated rings. The summed E-state index contributed by atoms with van der Waals surface area (Å²) in [5.41, 5.74) is 1.21. The summed E-state index contributed by atoms with van der Waals surface area (Å²) in [6, 6.07) is 14.9. The first-order chi connectivity index (χ1) is 16.8. The number of halogens is 3. The van der Waals surface area contributed by atoms with E-state index in [1.165, 1.54) is 30.6 Å². The SMILES string of the molecule is CC(c1ccccc1CCCn1cncn1)N(c1cc(F)ccc1F)S(=O)(=O)c1ccc(Cl)cc1. The second-order valence-electron chi connectivity index (χ2n) is 7.99. The molecule has 4 aromatic rings. The lowest BCUT2D eigenvalue weighted by Crippen LogP contribution is -2.35. The number of sulfonamides is 1. The van der Waals surface area contributed by atoms with Crippen LogP contribution in [0, 0.1) is 11.6 Å². The second kappa shape index (κ2) is 10.5. The van der Waals surface area contributed by atoms with Crippen molar-refractivity contribution in [2.24, 2.45) is 0 Å². The summed E-state index contributed by atoms with van der Waals surface area (Å²) in [7, 11) is -4.28. The molecule has 0 radical (unpaired) electrons. The summed E-state index contributed by atoms with van der Waals surface area (Å²) in [5, 5.41) is 4.45. The van der Waals surface area contributed by atoms with Gasteiger partial charge in [0, 0.05) is 17.6 Å². The van der Waals surface area contributed by atoms with Gasteiger partial charge in [0.2, 0.25) is 0 Å². The van der Waals surface area contributed by atoms with E-state index in [4.69, 9.17) is 11.6 Å². The van der Waals surface area contributed by atoms with Crippen LogP contribution in [0.4, 0.5) is 14.5 Å². The fourth-order valence-electron chi connectivity index (χ4n) is 4.00. The van der Waals surface area contributed by atoms with E-state index in [1.54, 1.807) is 30.1 Å². The average Bonchev–Trinajstić information content (AvgIpc) is 3.35. The number of benzene rings is 3. The highest BCUT2D eigenvalue weighted by Crippen LogP contribution is 2.37. The first-order valence-electron chi connectivity index (χ1n) is 10.9. The van der Waals surface area contributed by atoms with Crippen LogP contribution in [0.2, 0.25) is 5.02 Å². The minimum atomic E-state index is -4.28. The number of nitrogens with zero attached hydrogens (tertiary/aromatic N) is 4. The Morgan fingerprint density at radius 3 is 2.51 bits per heavy atom. The fourth-order valence-corrected chi connectivity index (χ4v) is 5.76. The molecule has 1 heterocycles. The van der Waals surface area contributed by atoms with Crippen LogP contribution in [0.15, 0.2) is 84.3 Å². The van der Waals surface area contributed by atoms with E-state index in [2.05, 4.69) is 10.1 Å². The standard InChI is InChI=1S/C25H23ClF2N4O2S/c1-18(23-7-3-2-5-19(23)6-4-14-31-17-29-16-30-31)32(25-15-21(27)10-13-24(25)28)35(33,34)22-11-8-20(26)9-12-22/h2-3,5,7-13,15-18H,4,6,14H2,1H3. The van der Waals surface area contributed by atoms with Crippen molar-refractivity contribution >= 4 is 27.3 Å². The molecule has 0 saturated heterocycles. The summed E-state index contributed by atoms with van der Waals surface area (Å²) in [6.07, 6.45) is 4.44. The Labute approximate surface area is 207 Å². The van der Waals surface area contributed by atoms with E-state index >= 15 is 0 Å². The Balaban J connectivity index is 1.75. The largest absolute Gasteiger partial charge is 0.264 e. The third kappa shape index (κ3) is 5.52. The van der Waals surface area contributed by atoms with E-state index in [9.17, 15) is 17.2 Å². The van der Waals surface area contributed by atoms with E-state index in [-0.39, 0.29) is 10.6 Å². The average molecular weight is 517 g/mol. The van der Waals surface area contributed by atoms with Crippen LogP contribution in [0.3, 0.4) is 0 Å². The summed E-state index contributed by atoms with van der Waals surface area (Å²) < 4.78 is 59.3. The summed E-state index contributed by atoms with van der Waals surface area (Å²) in [6.45, 7) is 2.29. The van der Waals surface area contributed by atoms with E-state index in [0.717, 1.165) is 34.5 Å². The molecule has 10 heteroatoms. The highest BCUT2D eigenvalue weighted by Gasteiger charge is 2.33. The Bertz CT molecular complexity index is 1400. The van der Waals surface area contributed by atoms with Gasteiger partial charge in [-0.1, -0.05) is 35.9 Å². The van der Waals surface area contributed by atoms with Crippen LogP contribution in [0.25, 0.3) is 0 Å². The van der Waals surface area contributed by atoms with E-state index < -0.39 is 27.7 Å². The van der Waals surface area contributed by atoms with Crippen molar-refractivity contribution in [1.82, 2.24) is 14.8 Å². The molecule has 0 bridgehead atoms. The molecule has 0 aliphatic heterocycles. The van der Waals surface area contributed by atoms with Crippen LogP contribution in [0.1, 0.15) is 30.5 Å². The van der Waals surface area contributed by atoms with Gasteiger partial charge in [0.15, 0.2) is 0 Å². The van der Waals surface area contributed by atoms with Crippen LogP contribution >= 0.6 is 11.6 Å². The molecule has 4 rings (SSSR count). The number of anilines is 1. The predicted molar refractivity (Wildman–Crippen MR) is 131 cm³/mol. The lowest BCUT2D eigenvalue weighted by atomic mass is 9.97. The van der Waals surface area contributed by atoms with Gasteiger partial charge in [-0.25, -0.2) is 22.2 Å². The van der Waals surface area contributed by atoms with Gasteiger partial charge in [-0.3, -0.25) is 8.99 Å². The molecule has 1 atom stereocenters. The Kier molecular flexibility index (Phi) is 7.47. The molecule has 182 valence electrons. The molecular weight excluding hydrogens is 494 g/mol. The van der Waals surface area contributed by atoms with Gasteiger partial charge in [-0.15, -0.1) is 0 Å². The number of aryl methyl sites for hydroxylation is 2. The fraction of sp³-hybridized carbons (Fsp3) is 0.200. The molecular formula is C25H23ClF2N4O2S. The van der Waals surface area contributed by atoms with Crippen LogP contribution in [0.5, 0.6) is 0 Å². The minimum Gasteiger partial charge on any atom is -0.256 e. The highest BCUT2D eigenvalue weighted by molar-refractivity contribution is 7.92. The lowest BCUT2D eigenvalue weighted by molar-refractivity contribution is 0.565. The maximum absolute atomic E-state index is 15.0. The molecule has 6 nitrogen and oxygen atoms in total. The third-order valence-electron chi connectivity index (χ3n) is 5.67. The molecule has 0 amide bonds. The number of rotatable bonds is 9. The Morgan fingerprint density at radius 2 is 1.80 bits per heavy atom. The van der Waals surface area contributed by atoms with Crippen LogP contribution < -0.4 is 4.31 Å². The van der Waals surface area contributed by atoms with Crippen molar-refractivity contribution in [1.29, 1.82) is 0 Å². The van der Waals surface area contributed by atoms with Crippen molar-refractivity contribution in [3.8, 4) is 0 Å².